The Balaban J connectivity index is 1.65. The Hall–Kier alpha value is -2.66. The van der Waals surface area contributed by atoms with Crippen molar-refractivity contribution in [2.75, 3.05) is 30.5 Å². The van der Waals surface area contributed by atoms with Crippen LogP contribution in [0.3, 0.4) is 0 Å². The molecule has 0 unspecified atom stereocenters. The number of hydrogen-bond donors (Lipinski definition) is 2. The highest BCUT2D eigenvalue weighted by molar-refractivity contribution is 7.99. The van der Waals surface area contributed by atoms with E-state index >= 15 is 0 Å². The van der Waals surface area contributed by atoms with Gasteiger partial charge in [-0.15, -0.1) is 11.3 Å². The summed E-state index contributed by atoms with van der Waals surface area (Å²) < 4.78 is 9.74. The first-order valence-corrected chi connectivity index (χ1v) is 10.7. The summed E-state index contributed by atoms with van der Waals surface area (Å²) in [6, 6.07) is 0. The first-order chi connectivity index (χ1) is 13.9. The highest BCUT2D eigenvalue weighted by Crippen LogP contribution is 2.39. The molecule has 0 bridgehead atoms. The van der Waals surface area contributed by atoms with E-state index in [4.69, 9.17) is 15.2 Å². The minimum absolute atomic E-state index is 0.0102. The molecular formula is C18H20N4O5S2. The zero-order valence-corrected chi connectivity index (χ0v) is 17.6. The quantitative estimate of drug-likeness (QED) is 0.381. The number of nitrogens with one attached hydrogen (secondary N) is 1. The standard InChI is InChI=1S/C18H20N4O5S2/c1-3-27-16(24)10-7-20-18(22-14(10)19)28-8-12(23)21-15-13(17(25)26-2)9-5-4-6-11(9)29-15/h7H,3-6,8H2,1-2H3,(H,21,23)(H2,19,20,22). The van der Waals surface area contributed by atoms with Gasteiger partial charge in [-0.05, 0) is 31.7 Å². The van der Waals surface area contributed by atoms with Gasteiger partial charge in [-0.25, -0.2) is 19.6 Å². The summed E-state index contributed by atoms with van der Waals surface area (Å²) in [5, 5.41) is 3.55. The molecule has 1 aliphatic rings. The molecule has 0 aliphatic heterocycles. The Morgan fingerprint density at radius 1 is 1.31 bits per heavy atom. The molecule has 9 nitrogen and oxygen atoms in total. The number of carbonyl (C=O) groups excluding carboxylic acids is 3. The maximum atomic E-state index is 12.4. The zero-order chi connectivity index (χ0) is 21.0. The number of methoxy groups -OCH3 is 1. The number of hydrogen-bond acceptors (Lipinski definition) is 10. The number of thiophene rings is 1. The smallest absolute Gasteiger partial charge is 0.343 e. The van der Waals surface area contributed by atoms with Gasteiger partial charge in [-0.3, -0.25) is 4.79 Å². The molecule has 3 rings (SSSR count). The van der Waals surface area contributed by atoms with E-state index in [0.29, 0.717) is 10.6 Å². The topological polar surface area (TPSA) is 134 Å². The average molecular weight is 437 g/mol. The molecule has 3 N–H and O–H groups in total. The largest absolute Gasteiger partial charge is 0.465 e. The predicted octanol–water partition coefficient (Wildman–Crippen LogP) is 2.30. The van der Waals surface area contributed by atoms with Crippen molar-refractivity contribution < 1.29 is 23.9 Å². The Morgan fingerprint density at radius 2 is 2.10 bits per heavy atom. The Kier molecular flexibility index (Phi) is 6.70. The minimum Gasteiger partial charge on any atom is -0.465 e. The molecule has 0 aromatic carbocycles. The number of nitrogens with zero attached hydrogens (tertiary/aromatic N) is 2. The molecule has 1 amide bonds. The maximum Gasteiger partial charge on any atom is 0.343 e. The lowest BCUT2D eigenvalue weighted by molar-refractivity contribution is -0.113. The van der Waals surface area contributed by atoms with Crippen LogP contribution in [-0.2, 0) is 27.1 Å². The molecule has 2 heterocycles. The first kappa shape index (κ1) is 21.1. The van der Waals surface area contributed by atoms with E-state index < -0.39 is 11.9 Å². The number of aromatic nitrogens is 2. The van der Waals surface area contributed by atoms with Gasteiger partial charge in [0.2, 0.25) is 5.91 Å². The molecule has 11 heteroatoms. The van der Waals surface area contributed by atoms with E-state index in [-0.39, 0.29) is 34.8 Å². The number of carbonyl (C=O) groups is 3. The number of anilines is 2. The van der Waals surface area contributed by atoms with Crippen LogP contribution in [-0.4, -0.2) is 47.3 Å². The van der Waals surface area contributed by atoms with Gasteiger partial charge < -0.3 is 20.5 Å². The minimum atomic E-state index is -0.597. The van der Waals surface area contributed by atoms with E-state index in [1.165, 1.54) is 24.6 Å². The van der Waals surface area contributed by atoms with Crippen LogP contribution >= 0.6 is 23.1 Å². The van der Waals surface area contributed by atoms with Crippen molar-refractivity contribution in [3.05, 3.63) is 27.8 Å². The number of ether oxygens (including phenoxy) is 2. The predicted molar refractivity (Wildman–Crippen MR) is 109 cm³/mol. The van der Waals surface area contributed by atoms with E-state index in [0.717, 1.165) is 41.5 Å². The maximum absolute atomic E-state index is 12.4. The van der Waals surface area contributed by atoms with Crippen LogP contribution < -0.4 is 11.1 Å². The summed E-state index contributed by atoms with van der Waals surface area (Å²) >= 11 is 2.48. The third kappa shape index (κ3) is 4.67. The highest BCUT2D eigenvalue weighted by atomic mass is 32.2. The van der Waals surface area contributed by atoms with Gasteiger partial charge in [0.1, 0.15) is 16.4 Å². The first-order valence-electron chi connectivity index (χ1n) is 8.89. The molecule has 0 radical (unpaired) electrons. The van der Waals surface area contributed by atoms with Crippen LogP contribution in [0.4, 0.5) is 10.8 Å². The van der Waals surface area contributed by atoms with Crippen LogP contribution in [0.5, 0.6) is 0 Å². The summed E-state index contributed by atoms with van der Waals surface area (Å²) in [5.74, 6) is -1.35. The lowest BCUT2D eigenvalue weighted by Gasteiger charge is -2.07. The van der Waals surface area contributed by atoms with Crippen molar-refractivity contribution in [2.45, 2.75) is 31.3 Å². The van der Waals surface area contributed by atoms with E-state index in [9.17, 15) is 14.4 Å². The number of nitrogen functional groups attached to an aromatic ring is 1. The normalized spacial score (nSPS) is 12.3. The monoisotopic (exact) mass is 436 g/mol. The molecule has 154 valence electrons. The second-order valence-corrected chi connectivity index (χ2v) is 8.11. The van der Waals surface area contributed by atoms with Crippen molar-refractivity contribution >= 4 is 51.8 Å². The van der Waals surface area contributed by atoms with Crippen molar-refractivity contribution in [1.29, 1.82) is 0 Å². The van der Waals surface area contributed by atoms with Gasteiger partial charge in [0, 0.05) is 11.1 Å². The van der Waals surface area contributed by atoms with Gasteiger partial charge >= 0.3 is 11.9 Å². The fourth-order valence-corrected chi connectivity index (χ4v) is 4.83. The molecular weight excluding hydrogens is 416 g/mol. The molecule has 29 heavy (non-hydrogen) atoms. The fraction of sp³-hybridized carbons (Fsp3) is 0.389. The average Bonchev–Trinajstić information content (AvgIpc) is 3.26. The molecule has 0 saturated heterocycles. The van der Waals surface area contributed by atoms with Gasteiger partial charge in [-0.2, -0.15) is 0 Å². The fourth-order valence-electron chi connectivity index (χ4n) is 2.92. The summed E-state index contributed by atoms with van der Waals surface area (Å²) in [6.45, 7) is 1.90. The van der Waals surface area contributed by atoms with Crippen LogP contribution in [0.1, 0.15) is 44.5 Å². The Bertz CT molecular complexity index is 960. The van der Waals surface area contributed by atoms with Crippen LogP contribution in [0.2, 0.25) is 0 Å². The number of amides is 1. The SMILES string of the molecule is CCOC(=O)c1cnc(SCC(=O)Nc2sc3c(c2C(=O)OC)CCC3)nc1N. The van der Waals surface area contributed by atoms with Crippen molar-refractivity contribution in [2.24, 2.45) is 0 Å². The molecule has 0 spiro atoms. The van der Waals surface area contributed by atoms with Gasteiger partial charge in [-0.1, -0.05) is 11.8 Å². The molecule has 0 atom stereocenters. The lowest BCUT2D eigenvalue weighted by atomic mass is 10.1. The molecule has 0 saturated carbocycles. The number of aryl methyl sites for hydroxylation is 1. The second kappa shape index (κ2) is 9.23. The van der Waals surface area contributed by atoms with E-state index in [1.54, 1.807) is 6.92 Å². The zero-order valence-electron chi connectivity index (χ0n) is 15.9. The van der Waals surface area contributed by atoms with Crippen molar-refractivity contribution in [3.63, 3.8) is 0 Å². The number of nitrogens with two attached hydrogens (primary N) is 1. The number of thioether (sulfide) groups is 1. The van der Waals surface area contributed by atoms with Gasteiger partial charge in [0.15, 0.2) is 5.16 Å². The third-order valence-corrected chi connectivity index (χ3v) is 6.26. The molecule has 2 aromatic rings. The number of fused-ring (bicyclic) bond motifs is 1. The van der Waals surface area contributed by atoms with Crippen LogP contribution in [0, 0.1) is 0 Å². The van der Waals surface area contributed by atoms with Crippen LogP contribution in [0.25, 0.3) is 0 Å². The number of esters is 2. The Labute approximate surface area is 175 Å². The molecule has 1 aliphatic carbocycles. The number of rotatable bonds is 7. The molecule has 0 fully saturated rings. The van der Waals surface area contributed by atoms with Gasteiger partial charge in [0.25, 0.3) is 0 Å². The third-order valence-electron chi connectivity index (χ3n) is 4.19. The summed E-state index contributed by atoms with van der Waals surface area (Å²) in [4.78, 5) is 45.4. The summed E-state index contributed by atoms with van der Waals surface area (Å²) in [6.07, 6.45) is 3.98. The summed E-state index contributed by atoms with van der Waals surface area (Å²) in [7, 11) is 1.32. The Morgan fingerprint density at radius 3 is 2.79 bits per heavy atom. The summed E-state index contributed by atoms with van der Waals surface area (Å²) in [5.41, 5.74) is 7.27. The lowest BCUT2D eigenvalue weighted by Crippen LogP contribution is -2.16. The van der Waals surface area contributed by atoms with Crippen molar-refractivity contribution in [3.8, 4) is 0 Å². The molecule has 2 aromatic heterocycles. The highest BCUT2D eigenvalue weighted by Gasteiger charge is 2.28. The van der Waals surface area contributed by atoms with Crippen LogP contribution in [0.15, 0.2) is 11.4 Å². The van der Waals surface area contributed by atoms with E-state index in [2.05, 4.69) is 15.3 Å². The van der Waals surface area contributed by atoms with Gasteiger partial charge in [0.05, 0.1) is 25.0 Å². The van der Waals surface area contributed by atoms with E-state index in [1.807, 2.05) is 0 Å². The second-order valence-electron chi connectivity index (χ2n) is 6.06. The van der Waals surface area contributed by atoms with Crippen molar-refractivity contribution in [1.82, 2.24) is 9.97 Å².